The molecule has 0 amide bonds. The van der Waals surface area contributed by atoms with Gasteiger partial charge in [-0.15, -0.1) is 10.2 Å². The van der Waals surface area contributed by atoms with Crippen molar-refractivity contribution in [3.63, 3.8) is 0 Å². The maximum absolute atomic E-state index is 13.2. The van der Waals surface area contributed by atoms with E-state index in [-0.39, 0.29) is 17.2 Å². The number of rotatable bonds is 2. The Morgan fingerprint density at radius 1 is 1.23 bits per heavy atom. The van der Waals surface area contributed by atoms with Crippen molar-refractivity contribution >= 4 is 17.6 Å². The van der Waals surface area contributed by atoms with Crippen LogP contribution in [0.3, 0.4) is 0 Å². The molecule has 0 aliphatic carbocycles. The van der Waals surface area contributed by atoms with Crippen LogP contribution in [0.4, 0.5) is 19.1 Å². The van der Waals surface area contributed by atoms with Crippen molar-refractivity contribution in [2.75, 3.05) is 31.2 Å². The normalized spacial score (nSPS) is 16.2. The van der Waals surface area contributed by atoms with E-state index in [9.17, 15) is 18.0 Å². The molecule has 0 unspecified atom stereocenters. The molecule has 3 rings (SSSR count). The lowest BCUT2D eigenvalue weighted by atomic mass is 10.2. The van der Waals surface area contributed by atoms with Crippen LogP contribution in [0, 0.1) is 0 Å². The maximum atomic E-state index is 13.2. The van der Waals surface area contributed by atoms with Gasteiger partial charge in [0.05, 0.1) is 13.2 Å². The van der Waals surface area contributed by atoms with Crippen molar-refractivity contribution in [2.45, 2.75) is 6.18 Å². The second kappa shape index (κ2) is 5.13. The maximum Gasteiger partial charge on any atom is 0.431 e. The minimum atomic E-state index is -4.65. The van der Waals surface area contributed by atoms with E-state index in [0.29, 0.717) is 26.3 Å². The molecule has 1 fully saturated rings. The molecule has 1 aliphatic heterocycles. The van der Waals surface area contributed by atoms with Gasteiger partial charge in [0.15, 0.2) is 5.65 Å². The third kappa shape index (κ3) is 2.34. The quantitative estimate of drug-likeness (QED) is 0.899. The monoisotopic (exact) mass is 316 g/mol. The summed E-state index contributed by atoms with van der Waals surface area (Å²) in [4.78, 5) is 12.8. The number of carbonyl (C=O) groups is 1. The highest BCUT2D eigenvalue weighted by atomic mass is 19.4. The van der Waals surface area contributed by atoms with Crippen LogP contribution < -0.4 is 4.90 Å². The molecule has 1 aliphatic rings. The second-order valence-corrected chi connectivity index (χ2v) is 4.69. The molecule has 0 bridgehead atoms. The van der Waals surface area contributed by atoms with Crippen LogP contribution >= 0.6 is 0 Å². The van der Waals surface area contributed by atoms with Crippen molar-refractivity contribution in [1.29, 1.82) is 0 Å². The predicted molar refractivity (Wildman–Crippen MR) is 68.0 cm³/mol. The number of carboxylic acids is 1. The Bertz CT molecular complexity index is 722. The average Bonchev–Trinajstić information content (AvgIpc) is 2.90. The van der Waals surface area contributed by atoms with Gasteiger partial charge in [0.25, 0.3) is 0 Å². The summed E-state index contributed by atoms with van der Waals surface area (Å²) in [5, 5.41) is 16.5. The summed E-state index contributed by atoms with van der Waals surface area (Å²) in [5.41, 5.74) is -1.68. The molecular formula is C12H11F3N4O3. The first-order valence-corrected chi connectivity index (χ1v) is 6.41. The first-order valence-electron chi connectivity index (χ1n) is 6.41. The largest absolute Gasteiger partial charge is 0.478 e. The summed E-state index contributed by atoms with van der Waals surface area (Å²) >= 11 is 0. The lowest BCUT2D eigenvalue weighted by molar-refractivity contribution is -0.142. The number of ether oxygens (including phenoxy) is 1. The zero-order valence-electron chi connectivity index (χ0n) is 11.2. The molecule has 3 heterocycles. The van der Waals surface area contributed by atoms with Gasteiger partial charge in [-0.25, -0.2) is 4.79 Å². The Morgan fingerprint density at radius 3 is 2.50 bits per heavy atom. The Hall–Kier alpha value is -2.36. The highest BCUT2D eigenvalue weighted by Gasteiger charge is 2.36. The average molecular weight is 316 g/mol. The minimum absolute atomic E-state index is 0.0336. The van der Waals surface area contributed by atoms with Gasteiger partial charge in [-0.3, -0.25) is 4.40 Å². The summed E-state index contributed by atoms with van der Waals surface area (Å²) in [7, 11) is 0. The van der Waals surface area contributed by atoms with E-state index >= 15 is 0 Å². The van der Waals surface area contributed by atoms with Crippen molar-refractivity contribution in [3.8, 4) is 0 Å². The number of carboxylic acid groups (broad SMARTS) is 1. The Morgan fingerprint density at radius 2 is 1.91 bits per heavy atom. The van der Waals surface area contributed by atoms with Crippen molar-refractivity contribution in [3.05, 3.63) is 23.4 Å². The van der Waals surface area contributed by atoms with Gasteiger partial charge in [0.2, 0.25) is 5.95 Å². The molecule has 0 radical (unpaired) electrons. The number of aromatic carboxylic acids is 1. The molecule has 2 aromatic rings. The van der Waals surface area contributed by atoms with Gasteiger partial charge in [-0.2, -0.15) is 13.2 Å². The molecule has 22 heavy (non-hydrogen) atoms. The van der Waals surface area contributed by atoms with E-state index in [2.05, 4.69) is 10.2 Å². The van der Waals surface area contributed by atoms with Crippen LogP contribution in [0.25, 0.3) is 5.65 Å². The van der Waals surface area contributed by atoms with Crippen LogP contribution in [-0.2, 0) is 10.9 Å². The molecule has 10 heteroatoms. The van der Waals surface area contributed by atoms with E-state index < -0.39 is 17.8 Å². The minimum Gasteiger partial charge on any atom is -0.478 e. The van der Waals surface area contributed by atoms with Crippen LogP contribution in [-0.4, -0.2) is 52.0 Å². The third-order valence-corrected chi connectivity index (χ3v) is 3.35. The van der Waals surface area contributed by atoms with E-state index in [0.717, 1.165) is 16.5 Å². The summed E-state index contributed by atoms with van der Waals surface area (Å²) in [6.45, 7) is 1.43. The van der Waals surface area contributed by atoms with Crippen LogP contribution in [0.1, 0.15) is 16.1 Å². The number of anilines is 1. The molecule has 2 aromatic heterocycles. The number of halogens is 3. The highest BCUT2D eigenvalue weighted by molar-refractivity contribution is 5.94. The topological polar surface area (TPSA) is 80.0 Å². The van der Waals surface area contributed by atoms with Crippen molar-refractivity contribution in [1.82, 2.24) is 14.6 Å². The Labute approximate surface area is 121 Å². The second-order valence-electron chi connectivity index (χ2n) is 4.69. The van der Waals surface area contributed by atoms with Crippen molar-refractivity contribution < 1.29 is 27.8 Å². The number of morpholine rings is 1. The van der Waals surface area contributed by atoms with Crippen molar-refractivity contribution in [2.24, 2.45) is 0 Å². The zero-order chi connectivity index (χ0) is 15.9. The highest BCUT2D eigenvalue weighted by Crippen LogP contribution is 2.32. The first-order chi connectivity index (χ1) is 10.4. The third-order valence-electron chi connectivity index (χ3n) is 3.35. The first kappa shape index (κ1) is 14.6. The predicted octanol–water partition coefficient (Wildman–Crippen LogP) is 1.28. The number of hydrogen-bond donors (Lipinski definition) is 1. The van der Waals surface area contributed by atoms with E-state index in [1.807, 2.05) is 0 Å². The molecular weight excluding hydrogens is 305 g/mol. The van der Waals surface area contributed by atoms with Gasteiger partial charge >= 0.3 is 12.1 Å². The number of aromatic nitrogens is 3. The van der Waals surface area contributed by atoms with Gasteiger partial charge in [0.1, 0.15) is 11.3 Å². The van der Waals surface area contributed by atoms with Crippen LogP contribution in [0.15, 0.2) is 12.1 Å². The summed E-state index contributed by atoms with van der Waals surface area (Å²) in [6.07, 6.45) is -4.65. The van der Waals surface area contributed by atoms with Crippen LogP contribution in [0.2, 0.25) is 0 Å². The van der Waals surface area contributed by atoms with E-state index in [1.54, 1.807) is 4.90 Å². The molecule has 0 spiro atoms. The molecule has 0 aromatic carbocycles. The fourth-order valence-electron chi connectivity index (χ4n) is 2.34. The number of nitrogens with zero attached hydrogens (tertiary/aromatic N) is 4. The smallest absolute Gasteiger partial charge is 0.431 e. The summed E-state index contributed by atoms with van der Waals surface area (Å²) < 4.78 is 45.5. The lowest BCUT2D eigenvalue weighted by Gasteiger charge is -2.27. The van der Waals surface area contributed by atoms with Gasteiger partial charge < -0.3 is 14.7 Å². The molecule has 0 saturated carbocycles. The standard InChI is InChI=1S/C12H11F3N4O3/c13-12(14,15)8-2-1-7(10(20)21)9-16-17-11(19(8)9)18-3-5-22-6-4-18/h1-2H,3-6H2,(H,20,21). The fourth-order valence-corrected chi connectivity index (χ4v) is 2.34. The Kier molecular flexibility index (Phi) is 3.39. The fraction of sp³-hybridized carbons (Fsp3) is 0.417. The number of fused-ring (bicyclic) bond motifs is 1. The van der Waals surface area contributed by atoms with Crippen LogP contribution in [0.5, 0.6) is 0 Å². The number of alkyl halides is 3. The zero-order valence-corrected chi connectivity index (χ0v) is 11.2. The molecule has 0 atom stereocenters. The lowest BCUT2D eigenvalue weighted by Crippen LogP contribution is -2.37. The Balaban J connectivity index is 2.25. The number of pyridine rings is 1. The SMILES string of the molecule is O=C(O)c1ccc(C(F)(F)F)n2c(N3CCOCC3)nnc12. The van der Waals surface area contributed by atoms with E-state index in [4.69, 9.17) is 9.84 Å². The molecule has 118 valence electrons. The van der Waals surface area contributed by atoms with Gasteiger partial charge in [-0.05, 0) is 12.1 Å². The number of hydrogen-bond acceptors (Lipinski definition) is 5. The summed E-state index contributed by atoms with van der Waals surface area (Å²) in [5.74, 6) is -1.40. The molecule has 1 N–H and O–H groups in total. The van der Waals surface area contributed by atoms with Gasteiger partial charge in [-0.1, -0.05) is 0 Å². The molecule has 1 saturated heterocycles. The summed E-state index contributed by atoms with van der Waals surface area (Å²) in [6, 6.07) is 1.61. The van der Waals surface area contributed by atoms with E-state index in [1.165, 1.54) is 0 Å². The molecule has 7 nitrogen and oxygen atoms in total. The van der Waals surface area contributed by atoms with Gasteiger partial charge in [0, 0.05) is 13.1 Å².